The first kappa shape index (κ1) is 13.7. The van der Waals surface area contributed by atoms with E-state index in [9.17, 15) is 0 Å². The molecule has 0 aliphatic carbocycles. The fourth-order valence-electron chi connectivity index (χ4n) is 3.17. The van der Waals surface area contributed by atoms with Gasteiger partial charge < -0.3 is 0 Å². The zero-order chi connectivity index (χ0) is 13.6. The second-order valence-corrected chi connectivity index (χ2v) is 11.4. The van der Waals surface area contributed by atoms with Crippen LogP contribution in [0.25, 0.3) is 0 Å². The van der Waals surface area contributed by atoms with E-state index in [-0.39, 0.29) is 0 Å². The van der Waals surface area contributed by atoms with Crippen molar-refractivity contribution >= 4 is 18.7 Å². The quantitative estimate of drug-likeness (QED) is 0.686. The van der Waals surface area contributed by atoms with Crippen molar-refractivity contribution < 1.29 is 0 Å². The van der Waals surface area contributed by atoms with Crippen molar-refractivity contribution in [2.45, 2.75) is 48.5 Å². The third-order valence-electron chi connectivity index (χ3n) is 4.36. The van der Waals surface area contributed by atoms with Crippen LogP contribution in [0.15, 0.2) is 32.1 Å². The Labute approximate surface area is 116 Å². The third-order valence-corrected chi connectivity index (χ3v) is 11.8. The molecule has 0 atom stereocenters. The van der Waals surface area contributed by atoms with Gasteiger partial charge in [-0.1, -0.05) is 0 Å². The summed E-state index contributed by atoms with van der Waals surface area (Å²) in [5, 5.41) is 0. The van der Waals surface area contributed by atoms with E-state index in [1.165, 1.54) is 16.7 Å². The van der Waals surface area contributed by atoms with Crippen molar-refractivity contribution in [1.29, 1.82) is 0 Å². The van der Waals surface area contributed by atoms with Crippen LogP contribution in [0.2, 0.25) is 0 Å². The maximum absolute atomic E-state index is 2.36. The first-order chi connectivity index (χ1) is 8.34. The molecule has 0 bridgehead atoms. The minimum atomic E-state index is -1.40. The van der Waals surface area contributed by atoms with Gasteiger partial charge in [-0.2, -0.15) is 0 Å². The summed E-state index contributed by atoms with van der Waals surface area (Å²) < 4.78 is 5.08. The van der Waals surface area contributed by atoms with Crippen molar-refractivity contribution in [3.05, 3.63) is 48.8 Å². The molecule has 0 unspecified atom stereocenters. The van der Waals surface area contributed by atoms with Crippen molar-refractivity contribution in [2.75, 3.05) is 0 Å². The van der Waals surface area contributed by atoms with Crippen molar-refractivity contribution in [3.63, 3.8) is 0 Å². The summed E-state index contributed by atoms with van der Waals surface area (Å²) in [6.45, 7) is 16.1. The molecule has 18 heavy (non-hydrogen) atoms. The van der Waals surface area contributed by atoms with Crippen molar-refractivity contribution in [2.24, 2.45) is 0 Å². The van der Waals surface area contributed by atoms with Crippen molar-refractivity contribution in [3.8, 4) is 0 Å². The molecule has 2 rings (SSSR count). The molecule has 0 saturated carbocycles. The Morgan fingerprint density at radius 1 is 0.667 bits per heavy atom. The summed E-state index contributed by atoms with van der Waals surface area (Å²) in [5.41, 5.74) is 7.51. The molecule has 0 fully saturated rings. The van der Waals surface area contributed by atoms with E-state index in [0.717, 1.165) is 0 Å². The van der Waals surface area contributed by atoms with E-state index in [2.05, 4.69) is 60.6 Å². The second-order valence-electron chi connectivity index (χ2n) is 5.65. The first-order valence-electron chi connectivity index (χ1n) is 6.65. The Morgan fingerprint density at radius 3 is 1.44 bits per heavy atom. The van der Waals surface area contributed by atoms with Crippen LogP contribution in [-0.4, -0.2) is 14.3 Å². The van der Waals surface area contributed by atoms with E-state index in [4.69, 9.17) is 0 Å². The number of rotatable bonds is 1. The molecule has 0 aromatic heterocycles. The standard InChI is InChI=1S/C17H23Ge/c1-10-8-11(2)17(12(3)9-10)18-15(6)13(4)14(5)16(18)7/h8-9H,1-7H3. The Kier molecular flexibility index (Phi) is 3.59. The maximum atomic E-state index is 2.36. The summed E-state index contributed by atoms with van der Waals surface area (Å²) in [5.74, 6) is 0. The van der Waals surface area contributed by atoms with Gasteiger partial charge in [0.25, 0.3) is 0 Å². The van der Waals surface area contributed by atoms with Crippen LogP contribution < -0.4 is 4.40 Å². The molecule has 0 N–H and O–H groups in total. The van der Waals surface area contributed by atoms with Gasteiger partial charge in [-0.3, -0.25) is 0 Å². The van der Waals surface area contributed by atoms with Gasteiger partial charge >= 0.3 is 116 Å². The van der Waals surface area contributed by atoms with Crippen LogP contribution >= 0.6 is 0 Å². The van der Waals surface area contributed by atoms with Crippen LogP contribution in [0, 0.1) is 20.8 Å². The number of allylic oxidation sites excluding steroid dienone is 4. The molecule has 1 aliphatic heterocycles. The number of benzene rings is 1. The fourth-order valence-corrected chi connectivity index (χ4v) is 10.2. The molecule has 1 heteroatoms. The summed E-state index contributed by atoms with van der Waals surface area (Å²) in [6, 6.07) is 4.71. The molecule has 1 aliphatic rings. The Bertz CT molecular complexity index is 526. The molecule has 0 amide bonds. The summed E-state index contributed by atoms with van der Waals surface area (Å²) in [6.07, 6.45) is 0. The van der Waals surface area contributed by atoms with Gasteiger partial charge in [-0.05, 0) is 0 Å². The first-order valence-corrected chi connectivity index (χ1v) is 9.80. The van der Waals surface area contributed by atoms with Gasteiger partial charge in [0.05, 0.1) is 0 Å². The number of aryl methyl sites for hydroxylation is 3. The SMILES string of the molecule is CC1=[C](C)[Ge]([c]2c(C)cc(C)cc2C)[C](C)=C1C. The van der Waals surface area contributed by atoms with Gasteiger partial charge in [0, 0.05) is 0 Å². The molecule has 0 spiro atoms. The fraction of sp³-hybridized carbons (Fsp3) is 0.412. The van der Waals surface area contributed by atoms with Crippen LogP contribution in [0.4, 0.5) is 0 Å². The van der Waals surface area contributed by atoms with E-state index in [1.807, 2.05) is 0 Å². The van der Waals surface area contributed by atoms with E-state index >= 15 is 0 Å². The zero-order valence-electron chi connectivity index (χ0n) is 12.7. The van der Waals surface area contributed by atoms with Gasteiger partial charge in [-0.15, -0.1) is 0 Å². The summed E-state index contributed by atoms with van der Waals surface area (Å²) in [7, 11) is 0. The Balaban J connectivity index is 2.65. The molecule has 0 nitrogen and oxygen atoms in total. The molecule has 95 valence electrons. The molecular weight excluding hydrogens is 277 g/mol. The van der Waals surface area contributed by atoms with E-state index in [0.29, 0.717) is 0 Å². The van der Waals surface area contributed by atoms with Crippen LogP contribution in [-0.2, 0) is 0 Å². The van der Waals surface area contributed by atoms with Gasteiger partial charge in [0.2, 0.25) is 0 Å². The zero-order valence-corrected chi connectivity index (χ0v) is 14.8. The predicted octanol–water partition coefficient (Wildman–Crippen LogP) is 4.08. The molecule has 0 saturated heterocycles. The van der Waals surface area contributed by atoms with E-state index < -0.39 is 14.3 Å². The van der Waals surface area contributed by atoms with Crippen LogP contribution in [0.5, 0.6) is 0 Å². The van der Waals surface area contributed by atoms with Crippen LogP contribution in [0.1, 0.15) is 44.4 Å². The molecular formula is C17H23Ge. The number of hydrogen-bond donors (Lipinski definition) is 0. The summed E-state index contributed by atoms with van der Waals surface area (Å²) in [4.78, 5) is 0. The Hall–Kier alpha value is -0.757. The van der Waals surface area contributed by atoms with Crippen LogP contribution in [0.3, 0.4) is 0 Å². The van der Waals surface area contributed by atoms with Gasteiger partial charge in [0.15, 0.2) is 0 Å². The Morgan fingerprint density at radius 2 is 1.06 bits per heavy atom. The van der Waals surface area contributed by atoms with E-state index in [1.54, 1.807) is 24.4 Å². The molecule has 1 aromatic carbocycles. The predicted molar refractivity (Wildman–Crippen MR) is 82.8 cm³/mol. The molecule has 1 radical (unpaired) electrons. The third kappa shape index (κ3) is 2.01. The minimum absolute atomic E-state index is 1.39. The van der Waals surface area contributed by atoms with Gasteiger partial charge in [-0.25, -0.2) is 0 Å². The normalized spacial score (nSPS) is 17.1. The van der Waals surface area contributed by atoms with Crippen molar-refractivity contribution in [1.82, 2.24) is 0 Å². The monoisotopic (exact) mass is 301 g/mol. The molecule has 1 heterocycles. The summed E-state index contributed by atoms with van der Waals surface area (Å²) >= 11 is -1.40. The second kappa shape index (κ2) is 4.73. The average molecular weight is 300 g/mol. The average Bonchev–Trinajstić information content (AvgIpc) is 2.45. The van der Waals surface area contributed by atoms with Gasteiger partial charge in [0.1, 0.15) is 0 Å². The number of hydrogen-bond acceptors (Lipinski definition) is 0. The topological polar surface area (TPSA) is 0 Å². The molecule has 1 aromatic rings.